The van der Waals surface area contributed by atoms with Crippen LogP contribution in [0.1, 0.15) is 32.7 Å². The van der Waals surface area contributed by atoms with E-state index >= 15 is 0 Å². The smallest absolute Gasteiger partial charge is 0.320 e. The molecule has 2 aromatic rings. The fourth-order valence-corrected chi connectivity index (χ4v) is 2.91. The maximum atomic E-state index is 13.1. The largest absolute Gasteiger partial charge is 0.468 e. The Hall–Kier alpha value is -3.28. The van der Waals surface area contributed by atoms with E-state index in [0.29, 0.717) is 11.1 Å². The number of hydrogen-bond acceptors (Lipinski definition) is 6. The summed E-state index contributed by atoms with van der Waals surface area (Å²) in [6.07, 6.45) is -0.328. The molecule has 1 unspecified atom stereocenters. The van der Waals surface area contributed by atoms with Crippen molar-refractivity contribution in [1.29, 1.82) is 0 Å². The number of carbonyl (C=O) groups is 4. The van der Waals surface area contributed by atoms with E-state index in [2.05, 4.69) is 0 Å². The topological polar surface area (TPSA) is 86.7 Å². The molecule has 0 radical (unpaired) electrons. The van der Waals surface area contributed by atoms with Gasteiger partial charge < -0.3 is 9.47 Å². The highest BCUT2D eigenvalue weighted by Crippen LogP contribution is 2.26. The van der Waals surface area contributed by atoms with Crippen molar-refractivity contribution in [3.63, 3.8) is 0 Å². The molecule has 1 atom stereocenters. The summed E-state index contributed by atoms with van der Waals surface area (Å²) in [6.45, 7) is 1.87. The summed E-state index contributed by atoms with van der Waals surface area (Å²) in [5, 5.41) is 0. The molecule has 146 valence electrons. The predicted molar refractivity (Wildman–Crippen MR) is 102 cm³/mol. The summed E-state index contributed by atoms with van der Waals surface area (Å²) in [7, 11) is 2.23. The number of rotatable bonds is 8. The van der Waals surface area contributed by atoms with Gasteiger partial charge in [-0.05, 0) is 6.92 Å². The molecule has 0 aliphatic rings. The fraction of sp³-hybridized carbons (Fsp3) is 0.273. The first-order valence-corrected chi connectivity index (χ1v) is 8.73. The van der Waals surface area contributed by atoms with E-state index in [0.717, 1.165) is 19.8 Å². The highest BCUT2D eigenvalue weighted by molar-refractivity contribution is 6.09. The Morgan fingerprint density at radius 2 is 1.32 bits per heavy atom. The third-order valence-electron chi connectivity index (χ3n) is 4.49. The van der Waals surface area contributed by atoms with Crippen molar-refractivity contribution in [2.24, 2.45) is 11.8 Å². The molecular formula is C22H22O6. The number of aryl methyl sites for hydroxylation is 1. The van der Waals surface area contributed by atoms with Crippen molar-refractivity contribution in [2.45, 2.75) is 13.3 Å². The van der Waals surface area contributed by atoms with Crippen molar-refractivity contribution >= 4 is 23.5 Å². The molecule has 0 heterocycles. The number of carbonyl (C=O) groups excluding carboxylic acids is 4. The van der Waals surface area contributed by atoms with E-state index in [1.807, 2.05) is 6.92 Å². The third kappa shape index (κ3) is 4.91. The summed E-state index contributed by atoms with van der Waals surface area (Å²) in [5.41, 5.74) is 1.64. The molecule has 0 N–H and O–H groups in total. The van der Waals surface area contributed by atoms with E-state index in [9.17, 15) is 19.2 Å². The Morgan fingerprint density at radius 3 is 1.82 bits per heavy atom. The summed E-state index contributed by atoms with van der Waals surface area (Å²) >= 11 is 0. The Labute approximate surface area is 163 Å². The van der Waals surface area contributed by atoms with Crippen LogP contribution in [0.15, 0.2) is 54.6 Å². The van der Waals surface area contributed by atoms with Gasteiger partial charge in [0.1, 0.15) is 0 Å². The summed E-state index contributed by atoms with van der Waals surface area (Å²) < 4.78 is 9.41. The van der Waals surface area contributed by atoms with Crippen LogP contribution in [0, 0.1) is 18.8 Å². The van der Waals surface area contributed by atoms with Crippen molar-refractivity contribution in [3.05, 3.63) is 71.3 Å². The normalized spacial score (nSPS) is 11.6. The van der Waals surface area contributed by atoms with Gasteiger partial charge in [-0.2, -0.15) is 0 Å². The van der Waals surface area contributed by atoms with Crippen molar-refractivity contribution < 1.29 is 28.7 Å². The molecule has 0 aliphatic heterocycles. The predicted octanol–water partition coefficient (Wildman–Crippen LogP) is 3.03. The Kier molecular flexibility index (Phi) is 7.21. The lowest BCUT2D eigenvalue weighted by Crippen LogP contribution is -2.38. The molecule has 0 saturated heterocycles. The maximum absolute atomic E-state index is 13.1. The zero-order valence-electron chi connectivity index (χ0n) is 16.0. The molecule has 0 amide bonds. The number of Topliss-reactive ketones (excluding diaryl/α,β-unsaturated/α-hetero) is 2. The van der Waals surface area contributed by atoms with E-state index in [-0.39, 0.29) is 12.2 Å². The van der Waals surface area contributed by atoms with Gasteiger partial charge in [0.15, 0.2) is 17.5 Å². The zero-order valence-corrected chi connectivity index (χ0v) is 16.0. The van der Waals surface area contributed by atoms with Gasteiger partial charge in [0, 0.05) is 17.5 Å². The van der Waals surface area contributed by atoms with Crippen LogP contribution in [0.5, 0.6) is 0 Å². The number of ether oxygens (including phenoxy) is 2. The first-order chi connectivity index (χ1) is 13.4. The highest BCUT2D eigenvalue weighted by Gasteiger charge is 2.42. The molecular weight excluding hydrogens is 360 g/mol. The minimum absolute atomic E-state index is 0.300. The van der Waals surface area contributed by atoms with E-state index in [1.54, 1.807) is 54.6 Å². The average Bonchev–Trinajstić information content (AvgIpc) is 2.73. The molecule has 0 bridgehead atoms. The number of benzene rings is 2. The van der Waals surface area contributed by atoms with Gasteiger partial charge in [-0.25, -0.2) is 0 Å². The molecule has 28 heavy (non-hydrogen) atoms. The Morgan fingerprint density at radius 1 is 0.786 bits per heavy atom. The molecule has 0 fully saturated rings. The van der Waals surface area contributed by atoms with Crippen LogP contribution in [0.3, 0.4) is 0 Å². The van der Waals surface area contributed by atoms with E-state index < -0.39 is 29.6 Å². The van der Waals surface area contributed by atoms with Crippen molar-refractivity contribution in [2.75, 3.05) is 14.2 Å². The Bertz CT molecular complexity index is 838. The summed E-state index contributed by atoms with van der Waals surface area (Å²) in [4.78, 5) is 50.4. The van der Waals surface area contributed by atoms with Gasteiger partial charge in [-0.15, -0.1) is 0 Å². The van der Waals surface area contributed by atoms with Crippen LogP contribution in [0.2, 0.25) is 0 Å². The van der Waals surface area contributed by atoms with E-state index in [1.165, 1.54) is 0 Å². The van der Waals surface area contributed by atoms with Gasteiger partial charge in [0.2, 0.25) is 0 Å². The first-order valence-electron chi connectivity index (χ1n) is 8.73. The van der Waals surface area contributed by atoms with Crippen molar-refractivity contribution in [1.82, 2.24) is 0 Å². The van der Waals surface area contributed by atoms with Gasteiger partial charge in [0.25, 0.3) is 0 Å². The van der Waals surface area contributed by atoms with Gasteiger partial charge in [-0.1, -0.05) is 60.2 Å². The van der Waals surface area contributed by atoms with Gasteiger partial charge in [-0.3, -0.25) is 19.2 Å². The minimum Gasteiger partial charge on any atom is -0.468 e. The average molecular weight is 382 g/mol. The Balaban J connectivity index is 2.45. The molecule has 2 aromatic carbocycles. The standard InChI is InChI=1S/C22H22O6/c1-14-9-11-16(12-10-14)20(24)17(19(21(25)27-2)22(26)28-3)13-18(23)15-7-5-4-6-8-15/h4-12,17,19H,13H2,1-3H3. The second kappa shape index (κ2) is 9.60. The van der Waals surface area contributed by atoms with Crippen LogP contribution in [0.25, 0.3) is 0 Å². The lowest BCUT2D eigenvalue weighted by atomic mass is 9.81. The van der Waals surface area contributed by atoms with Crippen LogP contribution >= 0.6 is 0 Å². The molecule has 0 aromatic heterocycles. The number of hydrogen-bond donors (Lipinski definition) is 0. The van der Waals surface area contributed by atoms with Crippen LogP contribution in [-0.2, 0) is 19.1 Å². The number of methoxy groups -OCH3 is 2. The number of esters is 2. The highest BCUT2D eigenvalue weighted by atomic mass is 16.5. The van der Waals surface area contributed by atoms with Crippen LogP contribution < -0.4 is 0 Å². The van der Waals surface area contributed by atoms with E-state index in [4.69, 9.17) is 9.47 Å². The molecule has 0 saturated carbocycles. The minimum atomic E-state index is -1.53. The molecule has 2 rings (SSSR count). The van der Waals surface area contributed by atoms with Crippen molar-refractivity contribution in [3.8, 4) is 0 Å². The molecule has 0 spiro atoms. The fourth-order valence-electron chi connectivity index (χ4n) is 2.91. The second-order valence-electron chi connectivity index (χ2n) is 6.35. The van der Waals surface area contributed by atoms with Gasteiger partial charge in [0.05, 0.1) is 20.1 Å². The maximum Gasteiger partial charge on any atom is 0.320 e. The van der Waals surface area contributed by atoms with Crippen LogP contribution in [0.4, 0.5) is 0 Å². The summed E-state index contributed by atoms with van der Waals surface area (Å²) in [6, 6.07) is 15.1. The monoisotopic (exact) mass is 382 g/mol. The quantitative estimate of drug-likeness (QED) is 0.396. The lowest BCUT2D eigenvalue weighted by molar-refractivity contribution is -0.160. The molecule has 6 heteroatoms. The number of ketones is 2. The SMILES string of the molecule is COC(=O)C(C(=O)OC)C(CC(=O)c1ccccc1)C(=O)c1ccc(C)cc1. The third-order valence-corrected chi connectivity index (χ3v) is 4.49. The molecule has 6 nitrogen and oxygen atoms in total. The van der Waals surface area contributed by atoms with Crippen LogP contribution in [-0.4, -0.2) is 37.7 Å². The first kappa shape index (κ1) is 21.0. The van der Waals surface area contributed by atoms with Gasteiger partial charge >= 0.3 is 11.9 Å². The summed E-state index contributed by atoms with van der Waals surface area (Å²) in [5.74, 6) is -5.46. The molecule has 0 aliphatic carbocycles. The second-order valence-corrected chi connectivity index (χ2v) is 6.35. The lowest BCUT2D eigenvalue weighted by Gasteiger charge is -2.22. The zero-order chi connectivity index (χ0) is 20.7.